The van der Waals surface area contributed by atoms with Crippen LogP contribution in [0.25, 0.3) is 0 Å². The molecular weight excluding hydrogens is 238 g/mol. The van der Waals surface area contributed by atoms with E-state index >= 15 is 0 Å². The number of hydrogen-bond donors (Lipinski definition) is 3. The van der Waals surface area contributed by atoms with E-state index in [1.165, 1.54) is 19.3 Å². The second kappa shape index (κ2) is 5.61. The predicted molar refractivity (Wildman–Crippen MR) is 77.2 cm³/mol. The summed E-state index contributed by atoms with van der Waals surface area (Å²) in [6.07, 6.45) is 3.70. The van der Waals surface area contributed by atoms with E-state index in [0.717, 1.165) is 17.7 Å². The van der Waals surface area contributed by atoms with Crippen LogP contribution in [0.4, 0.5) is 0 Å². The first-order valence-electron chi connectivity index (χ1n) is 6.81. The molecule has 0 aromatic heterocycles. The fourth-order valence-corrected chi connectivity index (χ4v) is 2.84. The van der Waals surface area contributed by atoms with Crippen molar-refractivity contribution in [3.05, 3.63) is 35.4 Å². The summed E-state index contributed by atoms with van der Waals surface area (Å²) in [7, 11) is 0. The third kappa shape index (κ3) is 3.47. The van der Waals surface area contributed by atoms with E-state index in [2.05, 4.69) is 24.3 Å². The lowest BCUT2D eigenvalue weighted by atomic mass is 9.92. The molecule has 19 heavy (non-hydrogen) atoms. The quantitative estimate of drug-likeness (QED) is 0.337. The zero-order valence-corrected chi connectivity index (χ0v) is 11.7. The highest BCUT2D eigenvalue weighted by Crippen LogP contribution is 2.36. The van der Waals surface area contributed by atoms with Crippen LogP contribution in [0.5, 0.6) is 0 Å². The van der Waals surface area contributed by atoms with Crippen LogP contribution in [0, 0.1) is 5.41 Å². The topological polar surface area (TPSA) is 70.6 Å². The molecular formula is C15H23N3O. The third-order valence-electron chi connectivity index (χ3n) is 3.95. The van der Waals surface area contributed by atoms with E-state index in [4.69, 9.17) is 10.9 Å². The van der Waals surface area contributed by atoms with Crippen molar-refractivity contribution in [1.29, 1.82) is 0 Å². The molecule has 0 radical (unpaired) electrons. The molecule has 0 heterocycles. The molecule has 4 nitrogen and oxygen atoms in total. The van der Waals surface area contributed by atoms with Crippen molar-refractivity contribution in [1.82, 2.24) is 5.32 Å². The first-order valence-corrected chi connectivity index (χ1v) is 6.81. The van der Waals surface area contributed by atoms with E-state index in [-0.39, 0.29) is 5.84 Å². The van der Waals surface area contributed by atoms with Crippen molar-refractivity contribution in [2.24, 2.45) is 16.3 Å². The first-order chi connectivity index (χ1) is 9.02. The highest BCUT2D eigenvalue weighted by Gasteiger charge is 2.30. The lowest BCUT2D eigenvalue weighted by Gasteiger charge is -2.18. The van der Waals surface area contributed by atoms with E-state index in [1.807, 2.05) is 24.3 Å². The summed E-state index contributed by atoms with van der Waals surface area (Å²) in [5.41, 5.74) is 8.01. The van der Waals surface area contributed by atoms with Gasteiger partial charge in [-0.05, 0) is 30.2 Å². The molecule has 1 aromatic rings. The third-order valence-corrected chi connectivity index (χ3v) is 3.95. The van der Waals surface area contributed by atoms with Crippen LogP contribution >= 0.6 is 0 Å². The molecule has 1 fully saturated rings. The van der Waals surface area contributed by atoms with Gasteiger partial charge in [0.05, 0.1) is 0 Å². The standard InChI is InChI=1S/C15H23N3O/c1-15(2)8-7-12(9-15)17-10-11-5-3-4-6-13(11)14(16)18-19/h3-6,12,17,19H,7-10H2,1-2H3,(H2,16,18). The van der Waals surface area contributed by atoms with Gasteiger partial charge in [-0.25, -0.2) is 0 Å². The molecule has 0 saturated heterocycles. The molecule has 2 rings (SSSR count). The van der Waals surface area contributed by atoms with E-state index < -0.39 is 0 Å². The second-order valence-corrected chi connectivity index (χ2v) is 6.13. The van der Waals surface area contributed by atoms with Gasteiger partial charge in [-0.3, -0.25) is 0 Å². The number of benzene rings is 1. The Kier molecular flexibility index (Phi) is 4.10. The molecule has 0 aliphatic heterocycles. The maximum Gasteiger partial charge on any atom is 0.170 e. The first kappa shape index (κ1) is 13.9. The zero-order valence-electron chi connectivity index (χ0n) is 11.7. The van der Waals surface area contributed by atoms with Crippen LogP contribution in [0.1, 0.15) is 44.2 Å². The van der Waals surface area contributed by atoms with Crippen molar-refractivity contribution in [2.75, 3.05) is 0 Å². The fourth-order valence-electron chi connectivity index (χ4n) is 2.84. The lowest BCUT2D eigenvalue weighted by molar-refractivity contribution is 0.318. The fraction of sp³-hybridized carbons (Fsp3) is 0.533. The predicted octanol–water partition coefficient (Wildman–Crippen LogP) is 2.45. The maximum absolute atomic E-state index is 8.80. The number of amidine groups is 1. The van der Waals surface area contributed by atoms with Crippen LogP contribution in [0.3, 0.4) is 0 Å². The Morgan fingerprint density at radius 2 is 2.21 bits per heavy atom. The summed E-state index contributed by atoms with van der Waals surface area (Å²) in [5.74, 6) is 0.171. The van der Waals surface area contributed by atoms with Crippen LogP contribution in [-0.4, -0.2) is 17.1 Å². The van der Waals surface area contributed by atoms with Crippen LogP contribution in [0.2, 0.25) is 0 Å². The highest BCUT2D eigenvalue weighted by atomic mass is 16.4. The number of rotatable bonds is 4. The van der Waals surface area contributed by atoms with Crippen molar-refractivity contribution in [2.45, 2.75) is 45.7 Å². The normalized spacial score (nSPS) is 22.6. The largest absolute Gasteiger partial charge is 0.409 e. The van der Waals surface area contributed by atoms with E-state index in [0.29, 0.717) is 11.5 Å². The summed E-state index contributed by atoms with van der Waals surface area (Å²) < 4.78 is 0. The highest BCUT2D eigenvalue weighted by molar-refractivity contribution is 5.98. The molecule has 1 aromatic carbocycles. The molecule has 4 heteroatoms. The lowest BCUT2D eigenvalue weighted by Crippen LogP contribution is -2.28. The summed E-state index contributed by atoms with van der Waals surface area (Å²) >= 11 is 0. The van der Waals surface area contributed by atoms with Gasteiger partial charge in [-0.2, -0.15) is 0 Å². The molecule has 0 spiro atoms. The molecule has 0 bridgehead atoms. The molecule has 4 N–H and O–H groups in total. The SMILES string of the molecule is CC1(C)CCC(NCc2ccccc2/C(N)=N/O)C1. The Hall–Kier alpha value is -1.55. The molecule has 104 valence electrons. The van der Waals surface area contributed by atoms with Gasteiger partial charge >= 0.3 is 0 Å². The Morgan fingerprint density at radius 1 is 1.47 bits per heavy atom. The van der Waals surface area contributed by atoms with Crippen LogP contribution < -0.4 is 11.1 Å². The molecule has 1 saturated carbocycles. The summed E-state index contributed by atoms with van der Waals surface area (Å²) in [4.78, 5) is 0. The van der Waals surface area contributed by atoms with Gasteiger partial charge in [0.2, 0.25) is 0 Å². The number of nitrogens with two attached hydrogens (primary N) is 1. The number of oxime groups is 1. The van der Waals surface area contributed by atoms with Gasteiger partial charge in [0.15, 0.2) is 5.84 Å². The van der Waals surface area contributed by atoms with Crippen molar-refractivity contribution < 1.29 is 5.21 Å². The monoisotopic (exact) mass is 261 g/mol. The molecule has 0 amide bonds. The van der Waals surface area contributed by atoms with Gasteiger partial charge in [-0.1, -0.05) is 43.3 Å². The van der Waals surface area contributed by atoms with Crippen molar-refractivity contribution in [3.63, 3.8) is 0 Å². The molecule has 1 unspecified atom stereocenters. The van der Waals surface area contributed by atoms with E-state index in [1.54, 1.807) is 0 Å². The number of nitrogens with one attached hydrogen (secondary N) is 1. The Labute approximate surface area is 114 Å². The minimum atomic E-state index is 0.171. The van der Waals surface area contributed by atoms with Crippen molar-refractivity contribution >= 4 is 5.84 Å². The van der Waals surface area contributed by atoms with E-state index in [9.17, 15) is 0 Å². The smallest absolute Gasteiger partial charge is 0.170 e. The molecule has 1 atom stereocenters. The average Bonchev–Trinajstić information content (AvgIpc) is 2.75. The summed E-state index contributed by atoms with van der Waals surface area (Å²) in [6, 6.07) is 8.33. The second-order valence-electron chi connectivity index (χ2n) is 6.13. The maximum atomic E-state index is 8.80. The zero-order chi connectivity index (χ0) is 13.9. The van der Waals surface area contributed by atoms with Gasteiger partial charge < -0.3 is 16.3 Å². The van der Waals surface area contributed by atoms with Gasteiger partial charge in [0, 0.05) is 18.2 Å². The Bertz CT molecular complexity index is 468. The minimum Gasteiger partial charge on any atom is -0.409 e. The number of nitrogens with zero attached hydrogens (tertiary/aromatic N) is 1. The van der Waals surface area contributed by atoms with Gasteiger partial charge in [0.25, 0.3) is 0 Å². The molecule has 1 aliphatic carbocycles. The molecule has 1 aliphatic rings. The average molecular weight is 261 g/mol. The Balaban J connectivity index is 2.01. The minimum absolute atomic E-state index is 0.171. The van der Waals surface area contributed by atoms with Gasteiger partial charge in [0.1, 0.15) is 0 Å². The van der Waals surface area contributed by atoms with Crippen molar-refractivity contribution in [3.8, 4) is 0 Å². The van der Waals surface area contributed by atoms with Crippen LogP contribution in [-0.2, 0) is 6.54 Å². The number of hydrogen-bond acceptors (Lipinski definition) is 3. The van der Waals surface area contributed by atoms with Crippen LogP contribution in [0.15, 0.2) is 29.4 Å². The summed E-state index contributed by atoms with van der Waals surface area (Å²) in [6.45, 7) is 5.39. The summed E-state index contributed by atoms with van der Waals surface area (Å²) in [5, 5.41) is 15.5. The Morgan fingerprint density at radius 3 is 2.84 bits per heavy atom. The van der Waals surface area contributed by atoms with Gasteiger partial charge in [-0.15, -0.1) is 0 Å².